The van der Waals surface area contributed by atoms with Crippen molar-refractivity contribution in [2.45, 2.75) is 46.0 Å². The number of rotatable bonds is 2. The Bertz CT molecular complexity index is 720. The van der Waals surface area contributed by atoms with Crippen LogP contribution in [0, 0.1) is 0 Å². The van der Waals surface area contributed by atoms with E-state index in [1.54, 1.807) is 0 Å². The second-order valence-electron chi connectivity index (χ2n) is 6.53. The van der Waals surface area contributed by atoms with E-state index in [0.717, 1.165) is 0 Å². The predicted octanol–water partition coefficient (Wildman–Crippen LogP) is 4.82. The van der Waals surface area contributed by atoms with Crippen molar-refractivity contribution >= 4 is 22.2 Å². The largest absolute Gasteiger partial charge is 0.209 e. The van der Waals surface area contributed by atoms with Crippen LogP contribution in [0.1, 0.15) is 45.2 Å². The van der Waals surface area contributed by atoms with Gasteiger partial charge in [-0.2, -0.15) is 0 Å². The summed E-state index contributed by atoms with van der Waals surface area (Å²) in [5.74, 6) is 0. The van der Waals surface area contributed by atoms with Crippen LogP contribution in [0.15, 0.2) is 30.3 Å². The highest BCUT2D eigenvalue weighted by Crippen LogP contribution is 2.43. The molecule has 2 aromatic carbocycles. The summed E-state index contributed by atoms with van der Waals surface area (Å²) in [6.45, 7) is 9.16. The van der Waals surface area contributed by atoms with Crippen molar-refractivity contribution in [2.24, 2.45) is 0 Å². The fourth-order valence-corrected chi connectivity index (χ4v) is 3.53. The van der Waals surface area contributed by atoms with Gasteiger partial charge in [0.1, 0.15) is 7.05 Å². The van der Waals surface area contributed by atoms with Crippen molar-refractivity contribution < 1.29 is 4.58 Å². The number of nitrogens with zero attached hydrogens (tertiary/aromatic N) is 1. The van der Waals surface area contributed by atoms with Crippen molar-refractivity contribution in [3.8, 4) is 0 Å². The molecule has 0 fully saturated rings. The lowest BCUT2D eigenvalue weighted by molar-refractivity contribution is -0.402. The van der Waals surface area contributed by atoms with E-state index in [2.05, 4.69) is 69.6 Å². The third kappa shape index (κ3) is 1.72. The Morgan fingerprint density at radius 3 is 2.55 bits per heavy atom. The van der Waals surface area contributed by atoms with E-state index < -0.39 is 0 Å². The summed E-state index contributed by atoms with van der Waals surface area (Å²) in [6.07, 6.45) is 2.37. The maximum atomic E-state index is 2.36. The minimum atomic E-state index is 0.121. The fraction of sp³-hybridized carbons (Fsp3) is 0.421. The van der Waals surface area contributed by atoms with E-state index in [-0.39, 0.29) is 5.41 Å². The summed E-state index contributed by atoms with van der Waals surface area (Å²) in [5.41, 5.74) is 5.85. The molecule has 1 heterocycles. The maximum Gasteiger partial charge on any atom is 0.209 e. The average Bonchev–Trinajstić information content (AvgIpc) is 2.60. The highest BCUT2D eigenvalue weighted by molar-refractivity contribution is 6.01. The van der Waals surface area contributed by atoms with Gasteiger partial charge in [0.2, 0.25) is 5.69 Å². The molecule has 0 N–H and O–H groups in total. The second-order valence-corrected chi connectivity index (χ2v) is 6.53. The molecule has 3 rings (SSSR count). The highest BCUT2D eigenvalue weighted by Gasteiger charge is 2.42. The minimum absolute atomic E-state index is 0.121. The van der Waals surface area contributed by atoms with Crippen LogP contribution >= 0.6 is 0 Å². The zero-order valence-electron chi connectivity index (χ0n) is 13.2. The molecule has 0 amide bonds. The monoisotopic (exact) mass is 266 g/mol. The van der Waals surface area contributed by atoms with Crippen LogP contribution in [-0.4, -0.2) is 17.3 Å². The molecule has 2 aromatic rings. The summed E-state index contributed by atoms with van der Waals surface area (Å²) in [5, 5.41) is 2.79. The van der Waals surface area contributed by atoms with Gasteiger partial charge in [0.05, 0.1) is 5.41 Å². The molecule has 1 heteroatoms. The first-order chi connectivity index (χ1) is 9.46. The van der Waals surface area contributed by atoms with Crippen LogP contribution in [0.5, 0.6) is 0 Å². The van der Waals surface area contributed by atoms with Gasteiger partial charge in [0.25, 0.3) is 0 Å². The minimum Gasteiger partial charge on any atom is -0.202 e. The summed E-state index contributed by atoms with van der Waals surface area (Å²) in [6, 6.07) is 11.6. The molecule has 0 unspecified atom stereocenters. The molecule has 0 aliphatic carbocycles. The Labute approximate surface area is 121 Å². The van der Waals surface area contributed by atoms with Crippen molar-refractivity contribution in [1.82, 2.24) is 0 Å². The van der Waals surface area contributed by atoms with Crippen molar-refractivity contribution in [2.75, 3.05) is 7.05 Å². The van der Waals surface area contributed by atoms with E-state index >= 15 is 0 Å². The molecule has 1 aliphatic rings. The Morgan fingerprint density at radius 2 is 1.85 bits per heavy atom. The SMILES string of the molecule is CCCc1ccc2c3c(ccc2c1)[N+](C)=C(C)C3(C)C. The fourth-order valence-electron chi connectivity index (χ4n) is 3.53. The van der Waals surface area contributed by atoms with E-state index in [0.29, 0.717) is 0 Å². The number of hydrogen-bond donors (Lipinski definition) is 0. The quantitative estimate of drug-likeness (QED) is 0.686. The first-order valence-electron chi connectivity index (χ1n) is 7.60. The lowest BCUT2D eigenvalue weighted by atomic mass is 9.79. The molecule has 0 aromatic heterocycles. The Balaban J connectivity index is 2.28. The van der Waals surface area contributed by atoms with Crippen LogP contribution < -0.4 is 0 Å². The van der Waals surface area contributed by atoms with Crippen LogP contribution in [-0.2, 0) is 11.8 Å². The van der Waals surface area contributed by atoms with Gasteiger partial charge in [-0.05, 0) is 42.7 Å². The van der Waals surface area contributed by atoms with Gasteiger partial charge >= 0.3 is 0 Å². The third-order valence-corrected chi connectivity index (χ3v) is 4.99. The van der Waals surface area contributed by atoms with Crippen molar-refractivity contribution in [3.05, 3.63) is 41.5 Å². The molecule has 1 aliphatic heterocycles. The van der Waals surface area contributed by atoms with Crippen molar-refractivity contribution in [1.29, 1.82) is 0 Å². The normalized spacial score (nSPS) is 16.9. The zero-order valence-corrected chi connectivity index (χ0v) is 13.2. The van der Waals surface area contributed by atoms with Gasteiger partial charge < -0.3 is 0 Å². The zero-order chi connectivity index (χ0) is 14.5. The molecular formula is C19H24N+. The number of aryl methyl sites for hydroxylation is 1. The standard InChI is InChI=1S/C19H24N/c1-6-7-14-8-10-16-15(12-14)9-11-17-18(16)19(3,4)13(2)20(17)5/h8-12H,6-7H2,1-5H3/q+1. The highest BCUT2D eigenvalue weighted by atomic mass is 15.0. The van der Waals surface area contributed by atoms with E-state index in [4.69, 9.17) is 0 Å². The topological polar surface area (TPSA) is 3.01 Å². The van der Waals surface area contributed by atoms with E-state index in [1.807, 2.05) is 0 Å². The Kier molecular flexibility index (Phi) is 2.97. The molecule has 0 saturated heterocycles. The average molecular weight is 266 g/mol. The van der Waals surface area contributed by atoms with E-state index in [1.165, 1.54) is 46.1 Å². The number of benzene rings is 2. The van der Waals surface area contributed by atoms with Crippen LogP contribution in [0.4, 0.5) is 5.69 Å². The van der Waals surface area contributed by atoms with Gasteiger partial charge in [-0.25, -0.2) is 4.58 Å². The molecule has 1 nitrogen and oxygen atoms in total. The number of fused-ring (bicyclic) bond motifs is 3. The molecule has 0 radical (unpaired) electrons. The lowest BCUT2D eigenvalue weighted by Crippen LogP contribution is -2.25. The number of hydrogen-bond acceptors (Lipinski definition) is 0. The molecule has 20 heavy (non-hydrogen) atoms. The first kappa shape index (κ1) is 13.4. The smallest absolute Gasteiger partial charge is 0.202 e. The predicted molar refractivity (Wildman–Crippen MR) is 87.5 cm³/mol. The molecule has 0 saturated carbocycles. The van der Waals surface area contributed by atoms with Crippen molar-refractivity contribution in [3.63, 3.8) is 0 Å². The summed E-state index contributed by atoms with van der Waals surface area (Å²) >= 11 is 0. The molecule has 0 bridgehead atoms. The summed E-state index contributed by atoms with van der Waals surface area (Å²) < 4.78 is 2.34. The van der Waals surface area contributed by atoms with Gasteiger partial charge in [0.15, 0.2) is 5.71 Å². The van der Waals surface area contributed by atoms with E-state index in [9.17, 15) is 0 Å². The van der Waals surface area contributed by atoms with Gasteiger partial charge in [-0.3, -0.25) is 0 Å². The molecule has 0 atom stereocenters. The second kappa shape index (κ2) is 4.44. The third-order valence-electron chi connectivity index (χ3n) is 4.99. The lowest BCUT2D eigenvalue weighted by Gasteiger charge is -2.17. The van der Waals surface area contributed by atoms with Crippen LogP contribution in [0.2, 0.25) is 0 Å². The van der Waals surface area contributed by atoms with Crippen LogP contribution in [0.25, 0.3) is 10.8 Å². The van der Waals surface area contributed by atoms with Gasteiger partial charge in [-0.1, -0.05) is 31.5 Å². The molecular weight excluding hydrogens is 242 g/mol. The summed E-state index contributed by atoms with van der Waals surface area (Å²) in [7, 11) is 2.18. The van der Waals surface area contributed by atoms with Gasteiger partial charge in [0, 0.05) is 18.6 Å². The van der Waals surface area contributed by atoms with Gasteiger partial charge in [-0.15, -0.1) is 0 Å². The first-order valence-corrected chi connectivity index (χ1v) is 7.60. The molecule has 104 valence electrons. The van der Waals surface area contributed by atoms with Crippen LogP contribution in [0.3, 0.4) is 0 Å². The summed E-state index contributed by atoms with van der Waals surface area (Å²) in [4.78, 5) is 0. The Hall–Kier alpha value is -1.63. The molecule has 0 spiro atoms. The maximum absolute atomic E-state index is 2.36. The Morgan fingerprint density at radius 1 is 1.10 bits per heavy atom.